The number of unbranched alkanes of at least 4 members (excludes halogenated alkanes) is 2. The predicted octanol–water partition coefficient (Wildman–Crippen LogP) is 13.5. The Balaban J connectivity index is 1.46. The summed E-state index contributed by atoms with van der Waals surface area (Å²) < 4.78 is 12.3. The van der Waals surface area contributed by atoms with E-state index < -0.39 is 0 Å². The van der Waals surface area contributed by atoms with Gasteiger partial charge in [0.1, 0.15) is 0 Å². The van der Waals surface area contributed by atoms with Crippen LogP contribution in [0, 0.1) is 75.9 Å². The van der Waals surface area contributed by atoms with E-state index in [0.29, 0.717) is 47.7 Å². The Morgan fingerprint density at radius 2 is 1.08 bits per heavy atom. The molecule has 0 saturated heterocycles. The summed E-state index contributed by atoms with van der Waals surface area (Å²) in [5.74, 6) is 4.18. The zero-order valence-corrected chi connectivity index (χ0v) is 35.8. The first-order valence-corrected chi connectivity index (χ1v) is 22.4. The molecular weight excluding hydrogens is 629 g/mol. The highest BCUT2D eigenvalue weighted by molar-refractivity contribution is 5.82. The van der Waals surface area contributed by atoms with Gasteiger partial charge in [-0.2, -0.15) is 0 Å². The van der Waals surface area contributed by atoms with Gasteiger partial charge in [-0.25, -0.2) is 0 Å². The van der Waals surface area contributed by atoms with Crippen LogP contribution >= 0.6 is 0 Å². The third-order valence-electron chi connectivity index (χ3n) is 14.5. The Kier molecular flexibility index (Phi) is 18.4. The van der Waals surface area contributed by atoms with E-state index in [1.165, 1.54) is 89.9 Å². The Bertz CT molecular complexity index is 1020. The minimum Gasteiger partial charge on any atom is -0.465 e. The molecule has 51 heavy (non-hydrogen) atoms. The van der Waals surface area contributed by atoms with Crippen molar-refractivity contribution in [1.29, 1.82) is 0 Å². The van der Waals surface area contributed by atoms with Crippen LogP contribution in [0.2, 0.25) is 0 Å². The molecule has 13 atom stereocenters. The lowest BCUT2D eigenvalue weighted by Crippen LogP contribution is -2.41. The van der Waals surface area contributed by atoms with E-state index >= 15 is 0 Å². The maximum atomic E-state index is 13.7. The highest BCUT2D eigenvalue weighted by Crippen LogP contribution is 2.48. The number of carbonyl (C=O) groups is 2. The quantitative estimate of drug-likeness (QED) is 0.118. The van der Waals surface area contributed by atoms with Gasteiger partial charge in [0, 0.05) is 0 Å². The Hall–Kier alpha value is -1.06. The van der Waals surface area contributed by atoms with Crippen LogP contribution in [0.1, 0.15) is 198 Å². The molecule has 0 spiro atoms. The summed E-state index contributed by atoms with van der Waals surface area (Å²) >= 11 is 0. The molecule has 13 unspecified atom stereocenters. The van der Waals surface area contributed by atoms with Crippen molar-refractivity contribution in [3.63, 3.8) is 0 Å². The summed E-state index contributed by atoms with van der Waals surface area (Å²) in [6.07, 6.45) is 23.1. The molecule has 3 fully saturated rings. The highest BCUT2D eigenvalue weighted by atomic mass is 16.5. The van der Waals surface area contributed by atoms with E-state index in [1.54, 1.807) is 0 Å². The molecule has 0 heterocycles. The molecule has 3 saturated carbocycles. The number of ether oxygens (including phenoxy) is 2. The molecule has 0 aromatic carbocycles. The van der Waals surface area contributed by atoms with Gasteiger partial charge in [0.2, 0.25) is 0 Å². The van der Waals surface area contributed by atoms with Crippen molar-refractivity contribution in [1.82, 2.24) is 0 Å². The number of rotatable bonds is 20. The number of hydrogen-bond donors (Lipinski definition) is 0. The third kappa shape index (κ3) is 14.3. The first-order valence-electron chi connectivity index (χ1n) is 22.4. The van der Waals surface area contributed by atoms with Gasteiger partial charge >= 0.3 is 11.9 Å². The molecule has 3 rings (SSSR count). The summed E-state index contributed by atoms with van der Waals surface area (Å²) in [5.41, 5.74) is 0.771. The third-order valence-corrected chi connectivity index (χ3v) is 14.5. The molecule has 0 bridgehead atoms. The zero-order chi connectivity index (χ0) is 37.8. The molecule has 0 amide bonds. The fourth-order valence-corrected chi connectivity index (χ4v) is 11.8. The zero-order valence-electron chi connectivity index (χ0n) is 35.8. The van der Waals surface area contributed by atoms with Crippen molar-refractivity contribution in [3.05, 3.63) is 0 Å². The first-order chi connectivity index (χ1) is 24.1. The van der Waals surface area contributed by atoms with Crippen molar-refractivity contribution >= 4 is 11.9 Å². The van der Waals surface area contributed by atoms with Crippen LogP contribution in [0.3, 0.4) is 0 Å². The molecule has 0 N–H and O–H groups in total. The predicted molar refractivity (Wildman–Crippen MR) is 215 cm³/mol. The molecule has 3 aliphatic carbocycles. The molecule has 4 heteroatoms. The number of hydrogen-bond acceptors (Lipinski definition) is 4. The summed E-state index contributed by atoms with van der Waals surface area (Å²) in [4.78, 5) is 27.4. The van der Waals surface area contributed by atoms with Gasteiger partial charge in [0.05, 0.1) is 25.0 Å². The van der Waals surface area contributed by atoms with Crippen molar-refractivity contribution < 1.29 is 19.1 Å². The summed E-state index contributed by atoms with van der Waals surface area (Å²) in [7, 11) is 0. The minimum absolute atomic E-state index is 0.151. The second-order valence-corrected chi connectivity index (χ2v) is 20.5. The van der Waals surface area contributed by atoms with Gasteiger partial charge < -0.3 is 9.47 Å². The Labute approximate surface area is 317 Å². The van der Waals surface area contributed by atoms with Crippen LogP contribution in [0.4, 0.5) is 0 Å². The molecule has 0 aliphatic heterocycles. The lowest BCUT2D eigenvalue weighted by Gasteiger charge is -2.43. The smallest absolute Gasteiger partial charge is 0.310 e. The second-order valence-electron chi connectivity index (χ2n) is 20.5. The van der Waals surface area contributed by atoms with Gasteiger partial charge in [0.25, 0.3) is 0 Å². The van der Waals surface area contributed by atoms with E-state index in [2.05, 4.69) is 76.2 Å². The van der Waals surface area contributed by atoms with Gasteiger partial charge in [-0.15, -0.1) is 0 Å². The number of carbonyl (C=O) groups excluding carboxylic acids is 2. The van der Waals surface area contributed by atoms with Crippen LogP contribution in [0.25, 0.3) is 0 Å². The van der Waals surface area contributed by atoms with Crippen LogP contribution in [-0.4, -0.2) is 25.2 Å². The number of esters is 2. The van der Waals surface area contributed by atoms with Crippen LogP contribution in [0.5, 0.6) is 0 Å². The Morgan fingerprint density at radius 1 is 0.627 bits per heavy atom. The molecule has 298 valence electrons. The normalized spacial score (nSPS) is 35.4. The molecule has 0 radical (unpaired) electrons. The molecule has 4 nitrogen and oxygen atoms in total. The van der Waals surface area contributed by atoms with Crippen molar-refractivity contribution in [2.24, 2.45) is 75.9 Å². The topological polar surface area (TPSA) is 52.6 Å². The monoisotopic (exact) mass is 715 g/mol. The van der Waals surface area contributed by atoms with E-state index in [9.17, 15) is 9.59 Å². The van der Waals surface area contributed by atoms with Gasteiger partial charge in [0.15, 0.2) is 0 Å². The lowest BCUT2D eigenvalue weighted by atomic mass is 9.63. The van der Waals surface area contributed by atoms with Crippen LogP contribution in [-0.2, 0) is 19.1 Å². The average molecular weight is 715 g/mol. The maximum absolute atomic E-state index is 13.7. The maximum Gasteiger partial charge on any atom is 0.310 e. The highest BCUT2D eigenvalue weighted by Gasteiger charge is 2.44. The van der Waals surface area contributed by atoms with Gasteiger partial charge in [-0.1, -0.05) is 121 Å². The van der Waals surface area contributed by atoms with Crippen molar-refractivity contribution in [3.8, 4) is 0 Å². The fourth-order valence-electron chi connectivity index (χ4n) is 11.8. The standard InChI is InChI=1S/C47H86O4/c1-12-14-17-33(3)25-35(5)27-46(10)23-21-40(38(8)29-46)31-50-44(48)42-20-16-19-37(7)43(42)45(49)51-32-41-22-24-47(11,30-39(41)9)28-36(6)26-34(4)18-15-13-2/h33-43H,12-32H2,1-11H3. The molecule has 0 aromatic rings. The van der Waals surface area contributed by atoms with Gasteiger partial charge in [-0.3, -0.25) is 9.59 Å². The molecular formula is C47H86O4. The van der Waals surface area contributed by atoms with Crippen LogP contribution < -0.4 is 0 Å². The van der Waals surface area contributed by atoms with E-state index in [0.717, 1.165) is 55.8 Å². The summed E-state index contributed by atoms with van der Waals surface area (Å²) in [6, 6.07) is 0. The van der Waals surface area contributed by atoms with Crippen LogP contribution in [0.15, 0.2) is 0 Å². The fraction of sp³-hybridized carbons (Fsp3) is 0.957. The summed E-state index contributed by atoms with van der Waals surface area (Å²) in [5, 5.41) is 0. The molecule has 3 aliphatic rings. The SMILES string of the molecule is CCCCC(C)CC(C)CC1(C)CCC(COC(=O)C2CCCC(C)C2C(=O)OCC2CCC(C)(CC(C)CC(C)CCCC)CC2C)C(C)C1. The van der Waals surface area contributed by atoms with E-state index in [1.807, 2.05) is 0 Å². The second kappa shape index (κ2) is 21.1. The minimum atomic E-state index is -0.376. The first kappa shape index (κ1) is 44.3. The largest absolute Gasteiger partial charge is 0.465 e. The molecule has 0 aromatic heterocycles. The van der Waals surface area contributed by atoms with E-state index in [4.69, 9.17) is 9.47 Å². The average Bonchev–Trinajstić information content (AvgIpc) is 3.04. The van der Waals surface area contributed by atoms with Gasteiger partial charge in [-0.05, 0) is 141 Å². The summed E-state index contributed by atoms with van der Waals surface area (Å²) in [6.45, 7) is 27.3. The van der Waals surface area contributed by atoms with E-state index in [-0.39, 0.29) is 29.7 Å². The Morgan fingerprint density at radius 3 is 1.51 bits per heavy atom. The van der Waals surface area contributed by atoms with Crippen molar-refractivity contribution in [2.75, 3.05) is 13.2 Å². The lowest BCUT2D eigenvalue weighted by molar-refractivity contribution is -0.168. The van der Waals surface area contributed by atoms with Crippen molar-refractivity contribution in [2.45, 2.75) is 198 Å².